The van der Waals surface area contributed by atoms with Gasteiger partial charge in [-0.3, -0.25) is 4.79 Å². The van der Waals surface area contributed by atoms with Crippen LogP contribution >= 0.6 is 11.8 Å². The monoisotopic (exact) mass is 478 g/mol. The van der Waals surface area contributed by atoms with Crippen LogP contribution in [0.2, 0.25) is 0 Å². The molecule has 1 saturated heterocycles. The van der Waals surface area contributed by atoms with E-state index >= 15 is 0 Å². The maximum atomic E-state index is 13.2. The van der Waals surface area contributed by atoms with Crippen molar-refractivity contribution in [1.82, 2.24) is 10.2 Å². The maximum Gasteiger partial charge on any atom is 0.416 e. The van der Waals surface area contributed by atoms with Crippen LogP contribution in [-0.4, -0.2) is 48.2 Å². The molecule has 0 atom stereocenters. The first-order valence-corrected chi connectivity index (χ1v) is 11.2. The SMILES string of the molecule is Cc1ccc(-c2nnc(SCC(=O)Nc3ccc(C(F)(F)F)cc3N3CCOCC3)o2)cc1. The summed E-state index contributed by atoms with van der Waals surface area (Å²) in [5, 5.41) is 10.9. The summed E-state index contributed by atoms with van der Waals surface area (Å²) in [7, 11) is 0. The molecule has 1 amide bonds. The number of aromatic nitrogens is 2. The number of alkyl halides is 3. The van der Waals surface area contributed by atoms with Crippen LogP contribution in [0.1, 0.15) is 11.1 Å². The molecule has 1 aliphatic heterocycles. The van der Waals surface area contributed by atoms with E-state index in [1.54, 1.807) is 4.90 Å². The number of carbonyl (C=O) groups is 1. The van der Waals surface area contributed by atoms with Crippen LogP contribution in [0.5, 0.6) is 0 Å². The van der Waals surface area contributed by atoms with E-state index < -0.39 is 17.6 Å². The van der Waals surface area contributed by atoms with E-state index in [2.05, 4.69) is 15.5 Å². The lowest BCUT2D eigenvalue weighted by Gasteiger charge is -2.31. The van der Waals surface area contributed by atoms with E-state index in [0.29, 0.717) is 43.6 Å². The minimum Gasteiger partial charge on any atom is -0.411 e. The second kappa shape index (κ2) is 9.84. The quantitative estimate of drug-likeness (QED) is 0.518. The molecule has 11 heteroatoms. The molecule has 4 rings (SSSR count). The summed E-state index contributed by atoms with van der Waals surface area (Å²) in [6.45, 7) is 3.64. The number of morpholine rings is 1. The van der Waals surface area contributed by atoms with E-state index in [1.807, 2.05) is 31.2 Å². The van der Waals surface area contributed by atoms with Gasteiger partial charge in [-0.15, -0.1) is 10.2 Å². The minimum absolute atomic E-state index is 0.0426. The van der Waals surface area contributed by atoms with Gasteiger partial charge < -0.3 is 19.4 Å². The van der Waals surface area contributed by atoms with Gasteiger partial charge in [-0.1, -0.05) is 29.5 Å². The van der Waals surface area contributed by atoms with Crippen LogP contribution in [0.25, 0.3) is 11.5 Å². The van der Waals surface area contributed by atoms with Crippen molar-refractivity contribution in [3.8, 4) is 11.5 Å². The summed E-state index contributed by atoms with van der Waals surface area (Å²) < 4.78 is 50.6. The van der Waals surface area contributed by atoms with E-state index in [9.17, 15) is 18.0 Å². The average molecular weight is 478 g/mol. The molecule has 174 valence electrons. The van der Waals surface area contributed by atoms with E-state index in [0.717, 1.165) is 35.0 Å². The molecule has 2 aromatic carbocycles. The summed E-state index contributed by atoms with van der Waals surface area (Å²) in [5.41, 5.74) is 1.71. The lowest BCUT2D eigenvalue weighted by molar-refractivity contribution is -0.137. The van der Waals surface area contributed by atoms with Crippen molar-refractivity contribution in [2.24, 2.45) is 0 Å². The second-order valence-corrected chi connectivity index (χ2v) is 8.33. The fourth-order valence-electron chi connectivity index (χ4n) is 3.27. The number of rotatable bonds is 6. The Hall–Kier alpha value is -3.05. The van der Waals surface area contributed by atoms with Gasteiger partial charge in [0.05, 0.1) is 35.9 Å². The molecule has 0 radical (unpaired) electrons. The number of nitrogens with zero attached hydrogens (tertiary/aromatic N) is 3. The van der Waals surface area contributed by atoms with Gasteiger partial charge in [-0.2, -0.15) is 13.2 Å². The molecule has 1 aliphatic rings. The first-order chi connectivity index (χ1) is 15.8. The fraction of sp³-hybridized carbons (Fsp3) is 0.318. The molecule has 0 unspecified atom stereocenters. The van der Waals surface area contributed by atoms with Crippen LogP contribution in [0.4, 0.5) is 24.5 Å². The summed E-state index contributed by atoms with van der Waals surface area (Å²) in [5.74, 6) is -0.0985. The molecule has 1 N–H and O–H groups in total. The zero-order valence-corrected chi connectivity index (χ0v) is 18.5. The molecule has 2 heterocycles. The predicted octanol–water partition coefficient (Wildman–Crippen LogP) is 4.63. The molecular formula is C22H21F3N4O3S. The number of ether oxygens (including phenoxy) is 1. The lowest BCUT2D eigenvalue weighted by atomic mass is 10.1. The number of benzene rings is 2. The maximum absolute atomic E-state index is 13.2. The van der Waals surface area contributed by atoms with Gasteiger partial charge in [0.2, 0.25) is 11.8 Å². The molecule has 33 heavy (non-hydrogen) atoms. The first-order valence-electron chi connectivity index (χ1n) is 10.2. The third kappa shape index (κ3) is 5.85. The minimum atomic E-state index is -4.48. The van der Waals surface area contributed by atoms with Gasteiger partial charge in [0, 0.05) is 18.7 Å². The zero-order valence-electron chi connectivity index (χ0n) is 17.7. The van der Waals surface area contributed by atoms with Crippen molar-refractivity contribution >= 4 is 29.0 Å². The van der Waals surface area contributed by atoms with Crippen LogP contribution < -0.4 is 10.2 Å². The number of carbonyl (C=O) groups excluding carboxylic acids is 1. The van der Waals surface area contributed by atoms with Crippen molar-refractivity contribution in [2.75, 3.05) is 42.3 Å². The van der Waals surface area contributed by atoms with Crippen molar-refractivity contribution in [1.29, 1.82) is 0 Å². The van der Waals surface area contributed by atoms with Gasteiger partial charge in [0.25, 0.3) is 5.22 Å². The molecule has 1 fully saturated rings. The Kier molecular flexibility index (Phi) is 6.89. The number of hydrogen-bond donors (Lipinski definition) is 1. The molecule has 0 saturated carbocycles. The first kappa shape index (κ1) is 23.1. The predicted molar refractivity (Wildman–Crippen MR) is 118 cm³/mol. The number of aryl methyl sites for hydroxylation is 1. The van der Waals surface area contributed by atoms with Gasteiger partial charge >= 0.3 is 6.18 Å². The Balaban J connectivity index is 1.43. The van der Waals surface area contributed by atoms with E-state index in [-0.39, 0.29) is 11.0 Å². The van der Waals surface area contributed by atoms with Gasteiger partial charge in [-0.05, 0) is 37.3 Å². The van der Waals surface area contributed by atoms with Crippen LogP contribution in [-0.2, 0) is 15.7 Å². The Morgan fingerprint density at radius 3 is 2.55 bits per heavy atom. The Morgan fingerprint density at radius 1 is 1.12 bits per heavy atom. The molecule has 1 aromatic heterocycles. The van der Waals surface area contributed by atoms with Gasteiger partial charge in [0.1, 0.15) is 0 Å². The highest BCUT2D eigenvalue weighted by molar-refractivity contribution is 7.99. The number of anilines is 2. The zero-order chi connectivity index (χ0) is 23.4. The summed E-state index contributed by atoms with van der Waals surface area (Å²) in [4.78, 5) is 14.3. The number of halogens is 3. The summed E-state index contributed by atoms with van der Waals surface area (Å²) in [6.07, 6.45) is -4.48. The third-order valence-corrected chi connectivity index (χ3v) is 5.80. The lowest BCUT2D eigenvalue weighted by Crippen LogP contribution is -2.37. The van der Waals surface area contributed by atoms with Gasteiger partial charge in [0.15, 0.2) is 0 Å². The molecule has 3 aromatic rings. The highest BCUT2D eigenvalue weighted by Gasteiger charge is 2.32. The van der Waals surface area contributed by atoms with Crippen molar-refractivity contribution in [3.05, 3.63) is 53.6 Å². The highest BCUT2D eigenvalue weighted by Crippen LogP contribution is 2.36. The summed E-state index contributed by atoms with van der Waals surface area (Å²) in [6, 6.07) is 10.9. The Morgan fingerprint density at radius 2 is 1.85 bits per heavy atom. The standard InChI is InChI=1S/C22H21F3N4O3S/c1-14-2-4-15(5-3-14)20-27-28-21(32-20)33-13-19(30)26-17-7-6-16(22(23,24)25)12-18(17)29-8-10-31-11-9-29/h2-7,12H,8-11,13H2,1H3,(H,26,30). The third-order valence-electron chi connectivity index (χ3n) is 4.98. The highest BCUT2D eigenvalue weighted by atomic mass is 32.2. The van der Waals surface area contributed by atoms with Gasteiger partial charge in [-0.25, -0.2) is 0 Å². The molecule has 0 bridgehead atoms. The molecular weight excluding hydrogens is 457 g/mol. The second-order valence-electron chi connectivity index (χ2n) is 7.41. The van der Waals surface area contributed by atoms with Crippen LogP contribution in [0.3, 0.4) is 0 Å². The Bertz CT molecular complexity index is 1110. The average Bonchev–Trinajstić information content (AvgIpc) is 3.27. The molecule has 0 spiro atoms. The molecule has 7 nitrogen and oxygen atoms in total. The normalized spacial score (nSPS) is 14.4. The Labute approximate surface area is 192 Å². The van der Waals surface area contributed by atoms with Crippen LogP contribution in [0.15, 0.2) is 52.1 Å². The number of nitrogens with one attached hydrogen (secondary N) is 1. The number of amides is 1. The van der Waals surface area contributed by atoms with E-state index in [4.69, 9.17) is 9.15 Å². The number of thioether (sulfide) groups is 1. The van der Waals surface area contributed by atoms with Crippen molar-refractivity contribution in [2.45, 2.75) is 18.3 Å². The number of hydrogen-bond acceptors (Lipinski definition) is 7. The van der Waals surface area contributed by atoms with Crippen LogP contribution in [0, 0.1) is 6.92 Å². The fourth-order valence-corrected chi connectivity index (χ4v) is 3.84. The topological polar surface area (TPSA) is 80.5 Å². The van der Waals surface area contributed by atoms with Crippen molar-refractivity contribution in [3.63, 3.8) is 0 Å². The smallest absolute Gasteiger partial charge is 0.411 e. The summed E-state index contributed by atoms with van der Waals surface area (Å²) >= 11 is 1.05. The van der Waals surface area contributed by atoms with E-state index in [1.165, 1.54) is 6.07 Å². The van der Waals surface area contributed by atoms with Crippen molar-refractivity contribution < 1.29 is 27.1 Å². The molecule has 0 aliphatic carbocycles. The largest absolute Gasteiger partial charge is 0.416 e.